The highest BCUT2D eigenvalue weighted by Gasteiger charge is 2.25. The number of benzene rings is 1. The Bertz CT molecular complexity index is 666. The first-order chi connectivity index (χ1) is 10.2. The molecule has 2 heterocycles. The predicted molar refractivity (Wildman–Crippen MR) is 78.7 cm³/mol. The van der Waals surface area contributed by atoms with Crippen LogP contribution in [0.1, 0.15) is 12.8 Å². The Morgan fingerprint density at radius 3 is 2.76 bits per heavy atom. The lowest BCUT2D eigenvalue weighted by molar-refractivity contribution is -0.142. The average Bonchev–Trinajstić information content (AvgIpc) is 2.53. The van der Waals surface area contributed by atoms with Gasteiger partial charge in [0.1, 0.15) is 17.9 Å². The number of piperidine rings is 1. The zero-order chi connectivity index (χ0) is 14.8. The number of rotatable bonds is 3. The van der Waals surface area contributed by atoms with Crippen LogP contribution in [0.5, 0.6) is 5.75 Å². The van der Waals surface area contributed by atoms with E-state index in [1.165, 1.54) is 0 Å². The predicted octanol–water partition coefficient (Wildman–Crippen LogP) is 1.94. The van der Waals surface area contributed by atoms with E-state index in [4.69, 9.17) is 9.84 Å². The fourth-order valence-corrected chi connectivity index (χ4v) is 2.74. The number of carboxylic acids is 1. The first-order valence-corrected chi connectivity index (χ1v) is 6.95. The topological polar surface area (TPSA) is 75.5 Å². The van der Waals surface area contributed by atoms with Gasteiger partial charge in [0.05, 0.1) is 18.5 Å². The molecule has 0 radical (unpaired) electrons. The SMILES string of the molecule is COc1ccc2c(N3CCC(C(=O)O)CC3)ncnc2c1. The van der Waals surface area contributed by atoms with Crippen molar-refractivity contribution < 1.29 is 14.6 Å². The highest BCUT2D eigenvalue weighted by molar-refractivity contribution is 5.90. The number of hydrogen-bond donors (Lipinski definition) is 1. The lowest BCUT2D eigenvalue weighted by atomic mass is 9.97. The van der Waals surface area contributed by atoms with Crippen LogP contribution in [0.15, 0.2) is 24.5 Å². The van der Waals surface area contributed by atoms with E-state index in [0.717, 1.165) is 22.5 Å². The number of ether oxygens (including phenoxy) is 1. The molecule has 0 amide bonds. The molecule has 110 valence electrons. The monoisotopic (exact) mass is 287 g/mol. The van der Waals surface area contributed by atoms with Crippen molar-refractivity contribution in [2.75, 3.05) is 25.1 Å². The van der Waals surface area contributed by atoms with Gasteiger partial charge in [0.2, 0.25) is 0 Å². The van der Waals surface area contributed by atoms with Crippen LogP contribution in [0, 0.1) is 5.92 Å². The van der Waals surface area contributed by atoms with E-state index in [9.17, 15) is 4.79 Å². The number of carboxylic acid groups (broad SMARTS) is 1. The average molecular weight is 287 g/mol. The second-order valence-electron chi connectivity index (χ2n) is 5.18. The Morgan fingerprint density at radius 2 is 2.10 bits per heavy atom. The minimum Gasteiger partial charge on any atom is -0.497 e. The second-order valence-corrected chi connectivity index (χ2v) is 5.18. The number of aliphatic carboxylic acids is 1. The van der Waals surface area contributed by atoms with Gasteiger partial charge in [0.15, 0.2) is 0 Å². The molecule has 0 bridgehead atoms. The third-order valence-corrected chi connectivity index (χ3v) is 3.97. The molecule has 21 heavy (non-hydrogen) atoms. The van der Waals surface area contributed by atoms with Crippen LogP contribution in [-0.2, 0) is 4.79 Å². The molecular formula is C15H17N3O3. The summed E-state index contributed by atoms with van der Waals surface area (Å²) in [4.78, 5) is 21.8. The van der Waals surface area contributed by atoms with Crippen LogP contribution < -0.4 is 9.64 Å². The van der Waals surface area contributed by atoms with Gasteiger partial charge in [-0.25, -0.2) is 9.97 Å². The van der Waals surface area contributed by atoms with Crippen molar-refractivity contribution in [2.24, 2.45) is 5.92 Å². The van der Waals surface area contributed by atoms with Gasteiger partial charge in [-0.1, -0.05) is 0 Å². The third-order valence-electron chi connectivity index (χ3n) is 3.97. The maximum Gasteiger partial charge on any atom is 0.306 e. The molecule has 6 heteroatoms. The van der Waals surface area contributed by atoms with Crippen molar-refractivity contribution in [3.8, 4) is 5.75 Å². The van der Waals surface area contributed by atoms with E-state index >= 15 is 0 Å². The van der Waals surface area contributed by atoms with Crippen molar-refractivity contribution in [3.05, 3.63) is 24.5 Å². The molecule has 0 aliphatic carbocycles. The lowest BCUT2D eigenvalue weighted by Gasteiger charge is -2.31. The van der Waals surface area contributed by atoms with Crippen molar-refractivity contribution >= 4 is 22.7 Å². The second kappa shape index (κ2) is 5.55. The van der Waals surface area contributed by atoms with Gasteiger partial charge >= 0.3 is 5.97 Å². The van der Waals surface area contributed by atoms with Gasteiger partial charge in [-0.15, -0.1) is 0 Å². The van der Waals surface area contributed by atoms with Crippen molar-refractivity contribution in [1.82, 2.24) is 9.97 Å². The molecule has 0 atom stereocenters. The quantitative estimate of drug-likeness (QED) is 0.929. The van der Waals surface area contributed by atoms with Crippen LogP contribution >= 0.6 is 0 Å². The van der Waals surface area contributed by atoms with E-state index < -0.39 is 5.97 Å². The Kier molecular flexibility index (Phi) is 3.60. The van der Waals surface area contributed by atoms with Crippen molar-refractivity contribution in [2.45, 2.75) is 12.8 Å². The highest BCUT2D eigenvalue weighted by Crippen LogP contribution is 2.29. The van der Waals surface area contributed by atoms with Crippen LogP contribution in [0.3, 0.4) is 0 Å². The molecular weight excluding hydrogens is 270 g/mol. The molecule has 1 aromatic heterocycles. The normalized spacial score (nSPS) is 16.1. The van der Waals surface area contributed by atoms with Gasteiger partial charge < -0.3 is 14.7 Å². The largest absolute Gasteiger partial charge is 0.497 e. The van der Waals surface area contributed by atoms with Gasteiger partial charge in [0, 0.05) is 24.5 Å². The Balaban J connectivity index is 1.89. The first kappa shape index (κ1) is 13.6. The Morgan fingerprint density at radius 1 is 1.33 bits per heavy atom. The van der Waals surface area contributed by atoms with Gasteiger partial charge in [-0.2, -0.15) is 0 Å². The lowest BCUT2D eigenvalue weighted by Crippen LogP contribution is -2.36. The van der Waals surface area contributed by atoms with E-state index in [0.29, 0.717) is 25.9 Å². The molecule has 0 unspecified atom stereocenters. The molecule has 0 saturated carbocycles. The van der Waals surface area contributed by atoms with Gasteiger partial charge in [-0.05, 0) is 25.0 Å². The molecule has 0 spiro atoms. The number of fused-ring (bicyclic) bond motifs is 1. The molecule has 1 aromatic carbocycles. The summed E-state index contributed by atoms with van der Waals surface area (Å²) < 4.78 is 5.21. The summed E-state index contributed by atoms with van der Waals surface area (Å²) in [5.41, 5.74) is 0.833. The maximum atomic E-state index is 11.0. The fourth-order valence-electron chi connectivity index (χ4n) is 2.74. The van der Waals surface area contributed by atoms with Gasteiger partial charge in [-0.3, -0.25) is 4.79 Å². The highest BCUT2D eigenvalue weighted by atomic mass is 16.5. The molecule has 2 aromatic rings. The fraction of sp³-hybridized carbons (Fsp3) is 0.400. The van der Waals surface area contributed by atoms with Gasteiger partial charge in [0.25, 0.3) is 0 Å². The molecule has 1 aliphatic rings. The Labute approximate surface area is 122 Å². The minimum absolute atomic E-state index is 0.241. The smallest absolute Gasteiger partial charge is 0.306 e. The molecule has 1 aliphatic heterocycles. The Hall–Kier alpha value is -2.37. The van der Waals surface area contributed by atoms with E-state index in [2.05, 4.69) is 14.9 Å². The minimum atomic E-state index is -0.702. The molecule has 1 N–H and O–H groups in total. The number of aromatic nitrogens is 2. The summed E-state index contributed by atoms with van der Waals surface area (Å²) in [6.07, 6.45) is 2.84. The summed E-state index contributed by atoms with van der Waals surface area (Å²) in [5.74, 6) is 0.685. The summed E-state index contributed by atoms with van der Waals surface area (Å²) in [5, 5.41) is 10.0. The number of nitrogens with zero attached hydrogens (tertiary/aromatic N) is 3. The molecule has 3 rings (SSSR count). The molecule has 6 nitrogen and oxygen atoms in total. The van der Waals surface area contributed by atoms with Crippen LogP contribution in [-0.4, -0.2) is 41.2 Å². The number of hydrogen-bond acceptors (Lipinski definition) is 5. The molecule has 1 fully saturated rings. The maximum absolute atomic E-state index is 11.0. The number of anilines is 1. The molecule has 1 saturated heterocycles. The van der Waals surface area contributed by atoms with Crippen LogP contribution in [0.2, 0.25) is 0 Å². The third kappa shape index (κ3) is 2.61. The summed E-state index contributed by atoms with van der Waals surface area (Å²) in [6, 6.07) is 5.72. The number of methoxy groups -OCH3 is 1. The van der Waals surface area contributed by atoms with Crippen molar-refractivity contribution in [3.63, 3.8) is 0 Å². The zero-order valence-electron chi connectivity index (χ0n) is 11.8. The van der Waals surface area contributed by atoms with E-state index in [1.54, 1.807) is 13.4 Å². The van der Waals surface area contributed by atoms with Crippen LogP contribution in [0.4, 0.5) is 5.82 Å². The summed E-state index contributed by atoms with van der Waals surface area (Å²) in [6.45, 7) is 1.41. The number of carbonyl (C=O) groups is 1. The van der Waals surface area contributed by atoms with Crippen molar-refractivity contribution in [1.29, 1.82) is 0 Å². The first-order valence-electron chi connectivity index (χ1n) is 6.95. The van der Waals surface area contributed by atoms with Crippen LogP contribution in [0.25, 0.3) is 10.9 Å². The van der Waals surface area contributed by atoms with E-state index in [-0.39, 0.29) is 5.92 Å². The zero-order valence-corrected chi connectivity index (χ0v) is 11.8. The summed E-state index contributed by atoms with van der Waals surface area (Å²) in [7, 11) is 1.62. The van der Waals surface area contributed by atoms with E-state index in [1.807, 2.05) is 18.2 Å². The summed E-state index contributed by atoms with van der Waals surface area (Å²) >= 11 is 0. The standard InChI is InChI=1S/C15H17N3O3/c1-21-11-2-3-12-13(8-11)16-9-17-14(12)18-6-4-10(5-7-18)15(19)20/h2-3,8-10H,4-7H2,1H3,(H,19,20).